The number of aliphatic hydroxyl groups is 1. The third-order valence-corrected chi connectivity index (χ3v) is 16.9. The summed E-state index contributed by atoms with van der Waals surface area (Å²) < 4.78 is 103. The maximum Gasteiger partial charge on any atom is 0.523 e. The second-order valence-electron chi connectivity index (χ2n) is 22.7. The van der Waals surface area contributed by atoms with Gasteiger partial charge in [-0.05, 0) is 103 Å². The van der Waals surface area contributed by atoms with Gasteiger partial charge in [-0.25, -0.2) is 18.4 Å². The molecule has 0 radical (unpaired) electrons. The van der Waals surface area contributed by atoms with Crippen LogP contribution in [0, 0.1) is 61.7 Å². The van der Waals surface area contributed by atoms with Gasteiger partial charge in [0.25, 0.3) is 0 Å². The number of nitrogens with zero attached hydrogens (tertiary/aromatic N) is 5. The molecule has 2 aliphatic rings. The fraction of sp³-hybridized carbons (Fsp3) is 0.368. The van der Waals surface area contributed by atoms with Gasteiger partial charge in [0.05, 0.1) is 50.9 Å². The van der Waals surface area contributed by atoms with Crippen LogP contribution in [0.3, 0.4) is 0 Å². The first-order chi connectivity index (χ1) is 45.6. The lowest BCUT2D eigenvalue weighted by atomic mass is 10.0. The van der Waals surface area contributed by atoms with Crippen molar-refractivity contribution in [3.63, 3.8) is 0 Å². The molecule has 0 bridgehead atoms. The molecular weight excluding hydrogens is 1250 g/mol. The Kier molecular flexibility index (Phi) is 35.3. The summed E-state index contributed by atoms with van der Waals surface area (Å²) in [4.78, 5) is 31.2. The van der Waals surface area contributed by atoms with Gasteiger partial charge in [-0.2, -0.15) is 21.6 Å². The smallest absolute Gasteiger partial charge is 0.439 e. The lowest BCUT2D eigenvalue weighted by molar-refractivity contribution is -0.0602. The van der Waals surface area contributed by atoms with Gasteiger partial charge in [0.1, 0.15) is 30.7 Å². The number of hydrogen-bond acceptors (Lipinski definition) is 12. The first-order valence-corrected chi connectivity index (χ1v) is 32.2. The predicted octanol–water partition coefficient (Wildman–Crippen LogP) is 13.6. The number of carbonyl (C=O) groups excluding carboxylic acids is 2. The molecule has 2 aliphatic heterocycles. The number of cyclic esters (lactones) is 2. The van der Waals surface area contributed by atoms with Crippen molar-refractivity contribution in [2.45, 2.75) is 120 Å². The van der Waals surface area contributed by atoms with Crippen molar-refractivity contribution in [1.82, 2.24) is 29.8 Å². The second-order valence-corrected chi connectivity index (χ2v) is 24.3. The number of amides is 2. The van der Waals surface area contributed by atoms with E-state index in [1.165, 1.54) is 17.0 Å². The minimum atomic E-state index is -5.72. The van der Waals surface area contributed by atoms with Crippen molar-refractivity contribution in [2.24, 2.45) is 0 Å². The van der Waals surface area contributed by atoms with E-state index in [0.29, 0.717) is 42.9 Å². The van der Waals surface area contributed by atoms with E-state index in [9.17, 15) is 45.1 Å². The Hall–Kier alpha value is -8.98. The molecule has 0 spiro atoms. The van der Waals surface area contributed by atoms with Crippen molar-refractivity contribution >= 4 is 22.3 Å². The third kappa shape index (κ3) is 26.0. The quantitative estimate of drug-likeness (QED) is 0.0306. The van der Waals surface area contributed by atoms with E-state index >= 15 is 0 Å². The molecule has 6 aromatic carbocycles. The van der Waals surface area contributed by atoms with E-state index in [0.717, 1.165) is 16.7 Å². The summed E-state index contributed by atoms with van der Waals surface area (Å²) in [6.07, 6.45) is 21.2. The highest BCUT2D eigenvalue weighted by molar-refractivity contribution is 7.87. The van der Waals surface area contributed by atoms with E-state index in [2.05, 4.69) is 39.1 Å². The number of likely N-dealkylation sites (N-methyl/N-ethyl adjacent to an activating group) is 4. The van der Waals surface area contributed by atoms with Gasteiger partial charge in [0, 0.05) is 24.2 Å². The Morgan fingerprint density at radius 3 is 1.20 bits per heavy atom. The van der Waals surface area contributed by atoms with E-state index in [1.54, 1.807) is 61.3 Å². The van der Waals surface area contributed by atoms with E-state index in [-0.39, 0.29) is 61.1 Å². The van der Waals surface area contributed by atoms with Gasteiger partial charge >= 0.3 is 27.8 Å². The SMILES string of the molecule is C#CCN(C)[C@H](C)C(O)c1ccccc1.C#CCN(C)[C@H](C)[C@@H](OS(=O)(=O)C(F)(F)F)c1ccccc1.C#CCN(C)[C@H](C)[C@H](F)c1ccccc1.C#CCN(C)[C@H](C)[C@H]([18F])c1ccccc1.C#CCN1C(=O)O[C@@H](c2ccccc2)[C@H]1C.C[C@H]1NC(=O)O[C@H]1c1ccccc1. The number of ether oxygens (including phenoxy) is 2. The zero-order valence-electron chi connectivity index (χ0n) is 56.0. The standard InChI is InChI=1S/C14H16F3NO3S.2C13H16FN.C13H13NO2.C13H17NO.C10H11NO2/c1-4-10-18(3)11(2)13(12-8-6-5-7-9-12)21-22(19,20)14(15,16)17;2*1-4-10-15(3)11(2)13(14)12-8-6-5-7-9-12;1-3-9-14-10(2)12(16-13(14)15)11-7-5-4-6-8-11;1-4-10-14(3)11(2)13(15)12-8-6-5-7-9-12;1-7-9(13-10(12)11-7)8-5-3-2-4-6-8/h1,5-9,11,13H,10H2,2-3H3;2*1,5-9,11,13H,10H2,2-3H3;1,4-8,10,12H,9H2,2H3;1,5-9,11,13,15H,10H2,2-3H3;2-7,9H,1H3,(H,11,12)/t11-,13-;2*11-,13+;10-,12-;11-,13?;7-,9-/m111111/s1/i;14-1;;;;. The Morgan fingerprint density at radius 1 is 0.521 bits per heavy atom. The molecule has 14 nitrogen and oxygen atoms in total. The zero-order valence-corrected chi connectivity index (χ0v) is 56.8. The lowest BCUT2D eigenvalue weighted by Crippen LogP contribution is -2.38. The monoisotopic (exact) mass is 1340 g/mol. The van der Waals surface area contributed by atoms with Gasteiger partial charge in [0.15, 0.2) is 0 Å². The van der Waals surface area contributed by atoms with Crippen LogP contribution in [0.15, 0.2) is 182 Å². The largest absolute Gasteiger partial charge is 0.523 e. The Labute approximate surface area is 566 Å². The molecule has 2 fully saturated rings. The Balaban J connectivity index is 0.000000302. The van der Waals surface area contributed by atoms with Gasteiger partial charge in [-0.3, -0.25) is 28.7 Å². The first kappa shape index (κ1) is 81.3. The van der Waals surface area contributed by atoms with Crippen LogP contribution in [0.5, 0.6) is 0 Å². The normalized spacial score (nSPS) is 18.0. The van der Waals surface area contributed by atoms with Crippen molar-refractivity contribution in [1.29, 1.82) is 0 Å². The molecule has 20 heteroatoms. The average molecular weight is 1340 g/mol. The van der Waals surface area contributed by atoms with E-state index < -0.39 is 46.2 Å². The zero-order chi connectivity index (χ0) is 71.5. The number of halogens is 5. The highest BCUT2D eigenvalue weighted by Gasteiger charge is 2.49. The highest BCUT2D eigenvalue weighted by atomic mass is 32.2. The van der Waals surface area contributed by atoms with Gasteiger partial charge < -0.3 is 19.9 Å². The number of alkyl halides is 5. The number of terminal acetylenes is 5. The summed E-state index contributed by atoms with van der Waals surface area (Å²) in [6, 6.07) is 54.2. The van der Waals surface area contributed by atoms with Crippen molar-refractivity contribution in [2.75, 3.05) is 60.9 Å². The van der Waals surface area contributed by atoms with Crippen LogP contribution < -0.4 is 5.32 Å². The molecule has 0 saturated carbocycles. The fourth-order valence-electron chi connectivity index (χ4n) is 9.49. The Bertz CT molecular complexity index is 3390. The van der Waals surface area contributed by atoms with Crippen LogP contribution >= 0.6 is 0 Å². The number of benzene rings is 6. The minimum Gasteiger partial charge on any atom is -0.439 e. The van der Waals surface area contributed by atoms with Gasteiger partial charge in [-0.1, -0.05) is 212 Å². The lowest BCUT2D eigenvalue weighted by Gasteiger charge is -2.30. The fourth-order valence-corrected chi connectivity index (χ4v) is 10.1. The maximum absolute atomic E-state index is 14.0. The summed E-state index contributed by atoms with van der Waals surface area (Å²) >= 11 is 0. The summed E-state index contributed by atoms with van der Waals surface area (Å²) in [5, 5.41) is 12.8. The number of alkyl carbamates (subject to hydrolysis) is 1. The van der Waals surface area contributed by atoms with Crippen molar-refractivity contribution in [3.8, 4) is 61.7 Å². The molecular formula is C76H89F5N6O8S. The molecule has 0 aromatic heterocycles. The van der Waals surface area contributed by atoms with Crippen LogP contribution in [0.1, 0.15) is 112 Å². The predicted molar refractivity (Wildman–Crippen MR) is 370 cm³/mol. The molecule has 96 heavy (non-hydrogen) atoms. The van der Waals surface area contributed by atoms with Crippen molar-refractivity contribution < 1.29 is 58.7 Å². The average Bonchev–Trinajstić information content (AvgIpc) is 1.41. The first-order valence-electron chi connectivity index (χ1n) is 30.8. The number of rotatable bonds is 21. The molecule has 8 rings (SSSR count). The van der Waals surface area contributed by atoms with Gasteiger partial charge in [-0.15, -0.1) is 32.1 Å². The highest BCUT2D eigenvalue weighted by Crippen LogP contribution is 2.35. The molecule has 2 amide bonds. The van der Waals surface area contributed by atoms with Crippen LogP contribution in [0.25, 0.3) is 0 Å². The minimum absolute atomic E-state index is 0.0171. The molecule has 2 N–H and O–H groups in total. The number of hydrogen-bond donors (Lipinski definition) is 2. The van der Waals surface area contributed by atoms with Crippen LogP contribution in [0.4, 0.5) is 31.5 Å². The van der Waals surface area contributed by atoms with Gasteiger partial charge in [0.2, 0.25) is 0 Å². The second kappa shape index (κ2) is 41.8. The van der Waals surface area contributed by atoms with Crippen LogP contribution in [0.2, 0.25) is 0 Å². The number of nitrogens with one attached hydrogen (secondary N) is 1. The molecule has 1 unspecified atom stereocenters. The molecule has 0 aliphatic carbocycles. The number of carbonyl (C=O) groups is 2. The van der Waals surface area contributed by atoms with Crippen molar-refractivity contribution in [3.05, 3.63) is 215 Å². The summed E-state index contributed by atoms with van der Waals surface area (Å²) in [6.45, 7) is 13.0. The summed E-state index contributed by atoms with van der Waals surface area (Å²) in [5.74, 6) is 12.4. The molecule has 2 saturated heterocycles. The van der Waals surface area contributed by atoms with E-state index in [4.69, 9.17) is 41.6 Å². The van der Waals surface area contributed by atoms with E-state index in [1.807, 2.05) is 198 Å². The molecule has 12 atom stereocenters. The number of aliphatic hydroxyl groups excluding tert-OH is 1. The topological polar surface area (TPSA) is 144 Å². The Morgan fingerprint density at radius 2 is 0.854 bits per heavy atom. The molecule has 512 valence electrons. The summed E-state index contributed by atoms with van der Waals surface area (Å²) in [5.41, 5.74) is -0.802. The summed E-state index contributed by atoms with van der Waals surface area (Å²) in [7, 11) is 1.44. The molecule has 2 heterocycles. The maximum atomic E-state index is 14.0. The van der Waals surface area contributed by atoms with Crippen LogP contribution in [-0.2, 0) is 23.8 Å². The van der Waals surface area contributed by atoms with Crippen LogP contribution in [-0.4, -0.2) is 153 Å². The molecule has 6 aromatic rings. The third-order valence-electron chi connectivity index (χ3n) is 15.8.